The van der Waals surface area contributed by atoms with E-state index in [-0.39, 0.29) is 59.4 Å². The molecule has 2 heterocycles. The van der Waals surface area contributed by atoms with Gasteiger partial charge in [0.15, 0.2) is 0 Å². The fourth-order valence-electron chi connectivity index (χ4n) is 6.37. The Labute approximate surface area is 335 Å². The van der Waals surface area contributed by atoms with Gasteiger partial charge in [0.05, 0.1) is 52.0 Å². The van der Waals surface area contributed by atoms with E-state index in [4.69, 9.17) is 18.3 Å². The van der Waals surface area contributed by atoms with E-state index in [0.29, 0.717) is 22.4 Å². The number of nitrogens with zero attached hydrogens (tertiary/aromatic N) is 1. The predicted octanol–water partition coefficient (Wildman–Crippen LogP) is 8.54. The maximum atomic E-state index is 13.7. The molecule has 5 aromatic carbocycles. The Kier molecular flexibility index (Phi) is 11.3. The second-order valence-electron chi connectivity index (χ2n) is 12.6. The van der Waals surface area contributed by atoms with Crippen molar-refractivity contribution in [3.05, 3.63) is 179 Å². The lowest BCUT2D eigenvalue weighted by molar-refractivity contribution is 0.0504. The van der Waals surface area contributed by atoms with Gasteiger partial charge in [-0.1, -0.05) is 68.3 Å². The van der Waals surface area contributed by atoms with Gasteiger partial charge >= 0.3 is 23.2 Å². The molecule has 0 spiro atoms. The number of aromatic hydroxyl groups is 2. The summed E-state index contributed by atoms with van der Waals surface area (Å²) in [6, 6.07) is 33.0. The highest BCUT2D eigenvalue weighted by Gasteiger charge is 2.32. The Bertz CT molecular complexity index is 2510. The first-order valence-corrected chi connectivity index (χ1v) is 18.9. The summed E-state index contributed by atoms with van der Waals surface area (Å²) in [4.78, 5) is 54.7. The van der Waals surface area contributed by atoms with Crippen LogP contribution in [0.25, 0.3) is 21.9 Å². The Morgan fingerprint density at radius 1 is 0.589 bits per heavy atom. The summed E-state index contributed by atoms with van der Waals surface area (Å²) in [7, 11) is 0. The average Bonchev–Trinajstić information content (AvgIpc) is 3.20. The van der Waals surface area contributed by atoms with E-state index in [1.165, 1.54) is 12.1 Å². The number of ether oxygens (including phenoxy) is 2. The van der Waals surface area contributed by atoms with E-state index in [0.717, 1.165) is 8.95 Å². The predicted molar refractivity (Wildman–Crippen MR) is 217 cm³/mol. The average molecular weight is 882 g/mol. The fourth-order valence-corrected chi connectivity index (χ4v) is 6.89. The molecule has 0 aliphatic carbocycles. The topological polar surface area (TPSA) is 157 Å². The molecule has 0 amide bonds. The summed E-state index contributed by atoms with van der Waals surface area (Å²) in [5, 5.41) is 23.6. The number of rotatable bonds is 12. The largest absolute Gasteiger partial charge is 0.507 e. The van der Waals surface area contributed by atoms with Crippen LogP contribution >= 0.6 is 31.9 Å². The van der Waals surface area contributed by atoms with Crippen molar-refractivity contribution in [2.75, 3.05) is 31.2 Å². The molecule has 0 bridgehead atoms. The molecule has 0 fully saturated rings. The van der Waals surface area contributed by atoms with E-state index < -0.39 is 40.6 Å². The van der Waals surface area contributed by atoms with Crippen LogP contribution in [0.2, 0.25) is 0 Å². The van der Waals surface area contributed by atoms with Crippen LogP contribution in [0, 0.1) is 0 Å². The first-order chi connectivity index (χ1) is 27.1. The molecule has 13 heteroatoms. The van der Waals surface area contributed by atoms with Crippen molar-refractivity contribution in [2.45, 2.75) is 5.92 Å². The Balaban J connectivity index is 1.23. The smallest absolute Gasteiger partial charge is 0.344 e. The Morgan fingerprint density at radius 3 is 1.43 bits per heavy atom. The van der Waals surface area contributed by atoms with Gasteiger partial charge in [0.25, 0.3) is 0 Å². The number of anilines is 1. The SMILES string of the molecule is O=C(OCCN(CCOC(=O)c1ccc(Br)cc1)c1ccc(C(c2c(O)c3ccccc3oc2=O)c2c(O)c3ccccc3oc2=O)cc1)c1ccc(Br)cc1. The van der Waals surface area contributed by atoms with Crippen molar-refractivity contribution >= 4 is 71.4 Å². The molecule has 0 atom stereocenters. The Hall–Kier alpha value is -6.18. The summed E-state index contributed by atoms with van der Waals surface area (Å²) in [6.45, 7) is 0.367. The van der Waals surface area contributed by atoms with Gasteiger partial charge in [0.1, 0.15) is 35.9 Å². The second-order valence-corrected chi connectivity index (χ2v) is 14.4. The van der Waals surface area contributed by atoms with Gasteiger partial charge in [-0.05, 0) is 90.5 Å². The van der Waals surface area contributed by atoms with E-state index in [1.54, 1.807) is 109 Å². The quantitative estimate of drug-likeness (QED) is 0.0896. The van der Waals surface area contributed by atoms with Crippen molar-refractivity contribution in [2.24, 2.45) is 0 Å². The van der Waals surface area contributed by atoms with E-state index in [2.05, 4.69) is 31.9 Å². The lowest BCUT2D eigenvalue weighted by Gasteiger charge is -2.26. The number of hydrogen-bond donors (Lipinski definition) is 2. The standard InChI is InChI=1S/C43H31Br2NO10/c44-28-15-9-26(10-16-28)40(49)53-23-21-46(22-24-54-41(50)27-11-17-29(45)18-12-27)30-19-13-25(14-20-30)35(36-38(47)31-5-1-3-7-33(31)55-42(36)51)37-39(48)32-6-2-4-8-34(32)56-43(37)52/h1-20,35,47-48H,21-24H2. The van der Waals surface area contributed by atoms with E-state index >= 15 is 0 Å². The maximum absolute atomic E-state index is 13.7. The van der Waals surface area contributed by atoms with E-state index in [9.17, 15) is 29.4 Å². The van der Waals surface area contributed by atoms with Crippen molar-refractivity contribution < 1.29 is 38.1 Å². The molecule has 56 heavy (non-hydrogen) atoms. The van der Waals surface area contributed by atoms with Crippen LogP contribution in [0.15, 0.2) is 149 Å². The molecule has 0 aliphatic rings. The third-order valence-corrected chi connectivity index (χ3v) is 10.2. The number of benzene rings is 5. The third-order valence-electron chi connectivity index (χ3n) is 9.16. The molecule has 0 unspecified atom stereocenters. The first kappa shape index (κ1) is 38.1. The molecule has 7 rings (SSSR count). The minimum absolute atomic E-state index is 0.0159. The molecule has 0 saturated carbocycles. The molecule has 7 aromatic rings. The number of esters is 2. The van der Waals surface area contributed by atoms with E-state index in [1.807, 2.05) is 4.90 Å². The van der Waals surface area contributed by atoms with Gasteiger partial charge in [-0.2, -0.15) is 0 Å². The number of halogens is 2. The highest BCUT2D eigenvalue weighted by molar-refractivity contribution is 9.10. The molecular weight excluding hydrogens is 850 g/mol. The molecule has 0 radical (unpaired) electrons. The van der Waals surface area contributed by atoms with Gasteiger partial charge in [-0.25, -0.2) is 19.2 Å². The number of fused-ring (bicyclic) bond motifs is 2. The van der Waals surface area contributed by atoms with Crippen LogP contribution in [0.1, 0.15) is 43.3 Å². The lowest BCUT2D eigenvalue weighted by Crippen LogP contribution is -2.32. The third kappa shape index (κ3) is 8.09. The summed E-state index contributed by atoms with van der Waals surface area (Å²) in [5.41, 5.74) is -0.392. The van der Waals surface area contributed by atoms with Crippen LogP contribution in [0.3, 0.4) is 0 Å². The lowest BCUT2D eigenvalue weighted by atomic mass is 9.84. The zero-order chi connectivity index (χ0) is 39.3. The number of hydrogen-bond acceptors (Lipinski definition) is 11. The number of carbonyl (C=O) groups excluding carboxylic acids is 2. The Morgan fingerprint density at radius 2 is 1.00 bits per heavy atom. The highest BCUT2D eigenvalue weighted by Crippen LogP contribution is 2.42. The fraction of sp³-hybridized carbons (Fsp3) is 0.116. The zero-order valence-electron chi connectivity index (χ0n) is 29.3. The van der Waals surface area contributed by atoms with Crippen molar-refractivity contribution in [3.63, 3.8) is 0 Å². The van der Waals surface area contributed by atoms with Crippen LogP contribution in [0.4, 0.5) is 5.69 Å². The van der Waals surface area contributed by atoms with Crippen molar-refractivity contribution in [1.82, 2.24) is 0 Å². The summed E-state index contributed by atoms with van der Waals surface area (Å²) in [5.74, 6) is -3.20. The van der Waals surface area contributed by atoms with Crippen LogP contribution < -0.4 is 16.2 Å². The highest BCUT2D eigenvalue weighted by atomic mass is 79.9. The van der Waals surface area contributed by atoms with Crippen molar-refractivity contribution in [3.8, 4) is 11.5 Å². The van der Waals surface area contributed by atoms with Gasteiger partial charge in [0.2, 0.25) is 0 Å². The molecule has 2 aromatic heterocycles. The van der Waals surface area contributed by atoms with Crippen LogP contribution in [-0.2, 0) is 9.47 Å². The number of para-hydroxylation sites is 2. The summed E-state index contributed by atoms with van der Waals surface area (Å²) >= 11 is 6.71. The molecule has 282 valence electrons. The second kappa shape index (κ2) is 16.7. The molecule has 11 nitrogen and oxygen atoms in total. The maximum Gasteiger partial charge on any atom is 0.344 e. The van der Waals surface area contributed by atoms with Crippen molar-refractivity contribution in [1.29, 1.82) is 0 Å². The van der Waals surface area contributed by atoms with Gasteiger partial charge < -0.3 is 33.4 Å². The van der Waals surface area contributed by atoms with Gasteiger partial charge in [0, 0.05) is 14.6 Å². The normalized spacial score (nSPS) is 11.2. The van der Waals surface area contributed by atoms with Crippen LogP contribution in [0.5, 0.6) is 11.5 Å². The molecule has 0 aliphatic heterocycles. The molecule has 0 saturated heterocycles. The summed E-state index contributed by atoms with van der Waals surface area (Å²) < 4.78 is 24.0. The first-order valence-electron chi connectivity index (χ1n) is 17.3. The minimum Gasteiger partial charge on any atom is -0.507 e. The van der Waals surface area contributed by atoms with Gasteiger partial charge in [-0.15, -0.1) is 0 Å². The molecular formula is C43H31Br2NO10. The summed E-state index contributed by atoms with van der Waals surface area (Å²) in [6.07, 6.45) is 0. The zero-order valence-corrected chi connectivity index (χ0v) is 32.5. The number of carbonyl (C=O) groups is 2. The van der Waals surface area contributed by atoms with Gasteiger partial charge in [-0.3, -0.25) is 0 Å². The minimum atomic E-state index is -1.34. The molecule has 2 N–H and O–H groups in total. The monoisotopic (exact) mass is 879 g/mol. The van der Waals surface area contributed by atoms with Crippen LogP contribution in [-0.4, -0.2) is 48.5 Å².